The molecule has 4 heteroatoms. The highest BCUT2D eigenvalue weighted by Crippen LogP contribution is 2.38. The average Bonchev–Trinajstić information content (AvgIpc) is 3.14. The third kappa shape index (κ3) is 3.35. The first-order chi connectivity index (χ1) is 11.6. The molecule has 4 nitrogen and oxygen atoms in total. The van der Waals surface area contributed by atoms with Crippen LogP contribution in [0.25, 0.3) is 0 Å². The highest BCUT2D eigenvalue weighted by molar-refractivity contribution is 5.92. The van der Waals surface area contributed by atoms with E-state index in [2.05, 4.69) is 40.4 Å². The van der Waals surface area contributed by atoms with Crippen LogP contribution >= 0.6 is 0 Å². The summed E-state index contributed by atoms with van der Waals surface area (Å²) in [5, 5.41) is 3.11. The van der Waals surface area contributed by atoms with Crippen molar-refractivity contribution in [3.8, 4) is 0 Å². The summed E-state index contributed by atoms with van der Waals surface area (Å²) in [5.74, 6) is 0.133. The Balaban J connectivity index is 1.32. The van der Waals surface area contributed by atoms with Gasteiger partial charge in [-0.2, -0.15) is 0 Å². The van der Waals surface area contributed by atoms with Gasteiger partial charge in [-0.15, -0.1) is 0 Å². The quantitative estimate of drug-likeness (QED) is 0.927. The molecule has 1 amide bonds. The third-order valence-electron chi connectivity index (χ3n) is 6.12. The minimum atomic E-state index is 0.133. The van der Waals surface area contributed by atoms with Crippen LogP contribution in [-0.4, -0.2) is 55.5 Å². The molecule has 1 aromatic rings. The highest BCUT2D eigenvalue weighted by atomic mass is 16.2. The largest absolute Gasteiger partial charge is 0.325 e. The highest BCUT2D eigenvalue weighted by Gasteiger charge is 2.40. The number of nitrogens with one attached hydrogen (secondary N) is 1. The van der Waals surface area contributed by atoms with E-state index in [0.717, 1.165) is 25.2 Å². The number of carbonyl (C=O) groups excluding carboxylic acids is 1. The van der Waals surface area contributed by atoms with E-state index < -0.39 is 0 Å². The van der Waals surface area contributed by atoms with Gasteiger partial charge in [0.25, 0.3) is 0 Å². The number of rotatable bonds is 3. The second kappa shape index (κ2) is 6.49. The van der Waals surface area contributed by atoms with Gasteiger partial charge < -0.3 is 10.2 Å². The summed E-state index contributed by atoms with van der Waals surface area (Å²) in [6, 6.07) is 6.41. The number of aryl methyl sites for hydroxylation is 2. The summed E-state index contributed by atoms with van der Waals surface area (Å²) in [7, 11) is 2.23. The molecular formula is C20H29N3O. The maximum Gasteiger partial charge on any atom is 0.238 e. The van der Waals surface area contributed by atoms with Crippen molar-refractivity contribution in [3.63, 3.8) is 0 Å². The number of hydrogen-bond donors (Lipinski definition) is 1. The second-order valence-electron chi connectivity index (χ2n) is 8.19. The fourth-order valence-corrected chi connectivity index (χ4v) is 5.00. The summed E-state index contributed by atoms with van der Waals surface area (Å²) in [6.07, 6.45) is 7.45. The molecule has 2 aliphatic heterocycles. The third-order valence-corrected chi connectivity index (χ3v) is 6.12. The number of likely N-dealkylation sites (tertiary alicyclic amines) is 2. The van der Waals surface area contributed by atoms with E-state index in [9.17, 15) is 4.79 Å². The van der Waals surface area contributed by atoms with Crippen molar-refractivity contribution in [2.75, 3.05) is 45.1 Å². The topological polar surface area (TPSA) is 35.6 Å². The zero-order valence-corrected chi connectivity index (χ0v) is 14.8. The molecule has 1 aromatic carbocycles. The lowest BCUT2D eigenvalue weighted by Gasteiger charge is -2.38. The first-order valence-corrected chi connectivity index (χ1v) is 9.45. The van der Waals surface area contributed by atoms with Crippen molar-refractivity contribution in [2.45, 2.75) is 38.5 Å². The molecule has 1 spiro atoms. The van der Waals surface area contributed by atoms with Crippen LogP contribution in [0, 0.1) is 5.41 Å². The van der Waals surface area contributed by atoms with Crippen LogP contribution in [0.3, 0.4) is 0 Å². The molecule has 3 aliphatic rings. The summed E-state index contributed by atoms with van der Waals surface area (Å²) < 4.78 is 0. The van der Waals surface area contributed by atoms with E-state index in [-0.39, 0.29) is 5.91 Å². The molecule has 2 saturated heterocycles. The Labute approximate surface area is 145 Å². The molecular weight excluding hydrogens is 298 g/mol. The number of hydrogen-bond acceptors (Lipinski definition) is 3. The van der Waals surface area contributed by atoms with Gasteiger partial charge in [-0.1, -0.05) is 6.07 Å². The van der Waals surface area contributed by atoms with Crippen LogP contribution in [-0.2, 0) is 17.6 Å². The van der Waals surface area contributed by atoms with Gasteiger partial charge in [0.15, 0.2) is 0 Å². The van der Waals surface area contributed by atoms with Crippen LogP contribution in [0.5, 0.6) is 0 Å². The minimum absolute atomic E-state index is 0.133. The number of fused-ring (bicyclic) bond motifs is 1. The predicted molar refractivity (Wildman–Crippen MR) is 97.3 cm³/mol. The van der Waals surface area contributed by atoms with Gasteiger partial charge in [0.2, 0.25) is 5.91 Å². The van der Waals surface area contributed by atoms with Gasteiger partial charge in [-0.3, -0.25) is 9.69 Å². The fourth-order valence-electron chi connectivity index (χ4n) is 5.00. The van der Waals surface area contributed by atoms with Gasteiger partial charge in [-0.05, 0) is 87.3 Å². The zero-order chi connectivity index (χ0) is 16.6. The smallest absolute Gasteiger partial charge is 0.238 e. The Bertz CT molecular complexity index is 629. The van der Waals surface area contributed by atoms with Crippen molar-refractivity contribution in [1.82, 2.24) is 9.80 Å². The molecule has 1 atom stereocenters. The molecule has 4 rings (SSSR count). The van der Waals surface area contributed by atoms with Crippen molar-refractivity contribution < 1.29 is 4.79 Å². The number of carbonyl (C=O) groups is 1. The molecule has 2 fully saturated rings. The number of piperidine rings is 1. The van der Waals surface area contributed by atoms with Crippen LogP contribution in [0.2, 0.25) is 0 Å². The lowest BCUT2D eigenvalue weighted by atomic mass is 9.79. The van der Waals surface area contributed by atoms with E-state index in [0.29, 0.717) is 12.0 Å². The van der Waals surface area contributed by atoms with Crippen LogP contribution in [0.15, 0.2) is 18.2 Å². The Hall–Kier alpha value is -1.39. The number of amides is 1. The van der Waals surface area contributed by atoms with E-state index >= 15 is 0 Å². The maximum absolute atomic E-state index is 12.4. The Morgan fingerprint density at radius 3 is 2.88 bits per heavy atom. The molecule has 24 heavy (non-hydrogen) atoms. The Morgan fingerprint density at radius 2 is 2.00 bits per heavy atom. The molecule has 1 N–H and O–H groups in total. The average molecular weight is 327 g/mol. The van der Waals surface area contributed by atoms with Gasteiger partial charge in [0, 0.05) is 18.8 Å². The fraction of sp³-hybridized carbons (Fsp3) is 0.650. The number of nitrogens with zero attached hydrogens (tertiary/aromatic N) is 2. The van der Waals surface area contributed by atoms with E-state index in [1.165, 1.54) is 56.3 Å². The SMILES string of the molecule is CN1CCC[C@@]2(CCN(CC(=O)Nc3ccc4c(c3)CCC4)C2)C1. The summed E-state index contributed by atoms with van der Waals surface area (Å²) in [5.41, 5.74) is 4.27. The number of benzene rings is 1. The molecule has 0 saturated carbocycles. The molecule has 1 aliphatic carbocycles. The second-order valence-corrected chi connectivity index (χ2v) is 8.19. The molecule has 130 valence electrons. The molecule has 0 bridgehead atoms. The van der Waals surface area contributed by atoms with Crippen LogP contribution in [0.1, 0.15) is 36.8 Å². The van der Waals surface area contributed by atoms with E-state index in [1.807, 2.05) is 0 Å². The molecule has 2 heterocycles. The lowest BCUT2D eigenvalue weighted by molar-refractivity contribution is -0.117. The first kappa shape index (κ1) is 16.1. The van der Waals surface area contributed by atoms with Crippen molar-refractivity contribution in [2.24, 2.45) is 5.41 Å². The standard InChI is InChI=1S/C20H29N3O/c1-22-10-3-8-20(14-22)9-11-23(15-20)13-19(24)21-18-7-6-16-4-2-5-17(16)12-18/h6-7,12H,2-5,8-11,13-15H2,1H3,(H,21,24)/t20-/m1/s1. The lowest BCUT2D eigenvalue weighted by Crippen LogP contribution is -2.43. The molecule has 0 radical (unpaired) electrons. The molecule has 0 unspecified atom stereocenters. The molecule has 0 aromatic heterocycles. The van der Waals surface area contributed by atoms with Crippen molar-refractivity contribution >= 4 is 11.6 Å². The first-order valence-electron chi connectivity index (χ1n) is 9.45. The monoisotopic (exact) mass is 327 g/mol. The van der Waals surface area contributed by atoms with Crippen molar-refractivity contribution in [1.29, 1.82) is 0 Å². The minimum Gasteiger partial charge on any atom is -0.325 e. The van der Waals surface area contributed by atoms with Gasteiger partial charge in [0.05, 0.1) is 6.54 Å². The van der Waals surface area contributed by atoms with Crippen LogP contribution < -0.4 is 5.32 Å². The van der Waals surface area contributed by atoms with Gasteiger partial charge in [0.1, 0.15) is 0 Å². The predicted octanol–water partition coefficient (Wildman–Crippen LogP) is 2.53. The summed E-state index contributed by atoms with van der Waals surface area (Å²) in [6.45, 7) is 5.08. The van der Waals surface area contributed by atoms with Gasteiger partial charge in [-0.25, -0.2) is 0 Å². The van der Waals surface area contributed by atoms with Crippen LogP contribution in [0.4, 0.5) is 5.69 Å². The van der Waals surface area contributed by atoms with E-state index in [4.69, 9.17) is 0 Å². The maximum atomic E-state index is 12.4. The van der Waals surface area contributed by atoms with Crippen molar-refractivity contribution in [3.05, 3.63) is 29.3 Å². The van der Waals surface area contributed by atoms with Gasteiger partial charge >= 0.3 is 0 Å². The number of anilines is 1. The normalized spacial score (nSPS) is 27.5. The van der Waals surface area contributed by atoms with E-state index in [1.54, 1.807) is 0 Å². The Morgan fingerprint density at radius 1 is 1.12 bits per heavy atom. The summed E-state index contributed by atoms with van der Waals surface area (Å²) >= 11 is 0. The Kier molecular flexibility index (Phi) is 4.35. The summed E-state index contributed by atoms with van der Waals surface area (Å²) in [4.78, 5) is 17.2. The zero-order valence-electron chi connectivity index (χ0n) is 14.8.